The van der Waals surface area contributed by atoms with E-state index in [1.165, 1.54) is 22.3 Å². The molecule has 0 aromatic heterocycles. The molecular weight excluding hydrogens is 242 g/mol. The fourth-order valence-electron chi connectivity index (χ4n) is 2.30. The average Bonchev–Trinajstić information content (AvgIpc) is 3.04. The molecule has 0 saturated carbocycles. The Bertz CT molecular complexity index is 594. The van der Waals surface area contributed by atoms with Gasteiger partial charge in [-0.05, 0) is 35.3 Å². The van der Waals surface area contributed by atoms with Gasteiger partial charge in [0, 0.05) is 6.21 Å². The topological polar surface area (TPSA) is 12.4 Å². The van der Waals surface area contributed by atoms with Crippen LogP contribution in [0.15, 0.2) is 65.7 Å². The van der Waals surface area contributed by atoms with Crippen molar-refractivity contribution in [3.05, 3.63) is 71.8 Å². The fourth-order valence-corrected chi connectivity index (χ4v) is 2.30. The van der Waals surface area contributed by atoms with Gasteiger partial charge in [0.1, 0.15) is 0 Å². The van der Waals surface area contributed by atoms with E-state index in [1.807, 2.05) is 26.1 Å². The molecule has 0 aliphatic carbocycles. The van der Waals surface area contributed by atoms with Crippen molar-refractivity contribution in [3.63, 3.8) is 0 Å². The first-order chi connectivity index (χ1) is 9.84. The SMILES string of the molecule is CC.Cc1ccccc1-c1ccc(C2C=CC=N2)cc1. The van der Waals surface area contributed by atoms with Crippen LogP contribution in [0.1, 0.15) is 31.0 Å². The van der Waals surface area contributed by atoms with E-state index in [1.54, 1.807) is 0 Å². The Kier molecular flexibility index (Phi) is 4.89. The Morgan fingerprint density at radius 3 is 2.20 bits per heavy atom. The van der Waals surface area contributed by atoms with Gasteiger partial charge in [-0.15, -0.1) is 0 Å². The number of aliphatic imine (C=N–C) groups is 1. The van der Waals surface area contributed by atoms with E-state index in [0.29, 0.717) is 0 Å². The first kappa shape index (κ1) is 14.3. The zero-order chi connectivity index (χ0) is 14.4. The van der Waals surface area contributed by atoms with Gasteiger partial charge in [0.15, 0.2) is 0 Å². The van der Waals surface area contributed by atoms with Gasteiger partial charge in [-0.2, -0.15) is 0 Å². The maximum absolute atomic E-state index is 4.39. The van der Waals surface area contributed by atoms with Crippen molar-refractivity contribution in [2.75, 3.05) is 0 Å². The van der Waals surface area contributed by atoms with Gasteiger partial charge >= 0.3 is 0 Å². The first-order valence-electron chi connectivity index (χ1n) is 7.20. The Labute approximate surface area is 121 Å². The lowest BCUT2D eigenvalue weighted by molar-refractivity contribution is 0.936. The van der Waals surface area contributed by atoms with E-state index < -0.39 is 0 Å². The second kappa shape index (κ2) is 6.85. The predicted octanol–water partition coefficient (Wildman–Crippen LogP) is 5.37. The molecule has 1 atom stereocenters. The van der Waals surface area contributed by atoms with Gasteiger partial charge in [0.2, 0.25) is 0 Å². The van der Waals surface area contributed by atoms with E-state index in [2.05, 4.69) is 66.5 Å². The minimum absolute atomic E-state index is 0.205. The van der Waals surface area contributed by atoms with Crippen molar-refractivity contribution in [1.82, 2.24) is 0 Å². The minimum atomic E-state index is 0.205. The normalized spacial score (nSPS) is 15.8. The van der Waals surface area contributed by atoms with Crippen molar-refractivity contribution in [2.24, 2.45) is 4.99 Å². The minimum Gasteiger partial charge on any atom is -0.281 e. The quantitative estimate of drug-likeness (QED) is 0.690. The molecule has 1 aliphatic rings. The lowest BCUT2D eigenvalue weighted by Crippen LogP contribution is -1.89. The highest BCUT2D eigenvalue weighted by Gasteiger charge is 2.08. The number of allylic oxidation sites excluding steroid dienone is 1. The van der Waals surface area contributed by atoms with Crippen molar-refractivity contribution >= 4 is 6.21 Å². The molecule has 0 spiro atoms. The molecule has 1 heteroatoms. The van der Waals surface area contributed by atoms with Gasteiger partial charge in [-0.1, -0.05) is 68.5 Å². The summed E-state index contributed by atoms with van der Waals surface area (Å²) in [5.41, 5.74) is 5.12. The molecule has 0 fully saturated rings. The highest BCUT2D eigenvalue weighted by atomic mass is 14.8. The zero-order valence-electron chi connectivity index (χ0n) is 12.4. The monoisotopic (exact) mass is 263 g/mol. The highest BCUT2D eigenvalue weighted by Crippen LogP contribution is 2.27. The maximum Gasteiger partial charge on any atom is 0.0933 e. The van der Waals surface area contributed by atoms with Crippen molar-refractivity contribution in [1.29, 1.82) is 0 Å². The van der Waals surface area contributed by atoms with Crippen LogP contribution in [-0.2, 0) is 0 Å². The molecule has 0 radical (unpaired) electrons. The number of hydrogen-bond acceptors (Lipinski definition) is 1. The number of aryl methyl sites for hydroxylation is 1. The van der Waals surface area contributed by atoms with E-state index in [9.17, 15) is 0 Å². The molecule has 0 N–H and O–H groups in total. The van der Waals surface area contributed by atoms with Crippen LogP contribution in [0, 0.1) is 6.92 Å². The smallest absolute Gasteiger partial charge is 0.0933 e. The summed E-state index contributed by atoms with van der Waals surface area (Å²) >= 11 is 0. The summed E-state index contributed by atoms with van der Waals surface area (Å²) in [6.45, 7) is 6.15. The maximum atomic E-state index is 4.39. The molecule has 1 aliphatic heterocycles. The van der Waals surface area contributed by atoms with E-state index in [4.69, 9.17) is 0 Å². The van der Waals surface area contributed by atoms with Gasteiger partial charge in [0.05, 0.1) is 6.04 Å². The summed E-state index contributed by atoms with van der Waals surface area (Å²) in [4.78, 5) is 4.39. The number of hydrogen-bond donors (Lipinski definition) is 0. The summed E-state index contributed by atoms with van der Waals surface area (Å²) in [6, 6.07) is 17.4. The first-order valence-corrected chi connectivity index (χ1v) is 7.20. The molecule has 102 valence electrons. The van der Waals surface area contributed by atoms with Crippen molar-refractivity contribution in [3.8, 4) is 11.1 Å². The second-order valence-electron chi connectivity index (χ2n) is 4.56. The standard InChI is InChI=1S/C17H15N.C2H6/c1-13-5-2-3-6-16(13)14-8-10-15(11-9-14)17-7-4-12-18-17;1-2/h2-12,17H,1H3;1-2H3. The molecule has 0 bridgehead atoms. The number of rotatable bonds is 2. The number of nitrogens with zero attached hydrogens (tertiary/aromatic N) is 1. The van der Waals surface area contributed by atoms with E-state index in [-0.39, 0.29) is 6.04 Å². The van der Waals surface area contributed by atoms with Crippen LogP contribution in [0.25, 0.3) is 11.1 Å². The Morgan fingerprint density at radius 2 is 1.60 bits per heavy atom. The summed E-state index contributed by atoms with van der Waals surface area (Å²) in [6.07, 6.45) is 5.97. The summed E-state index contributed by atoms with van der Waals surface area (Å²) in [5.74, 6) is 0. The van der Waals surface area contributed by atoms with Crippen LogP contribution in [0.2, 0.25) is 0 Å². The molecule has 1 heterocycles. The predicted molar refractivity (Wildman–Crippen MR) is 88.3 cm³/mol. The van der Waals surface area contributed by atoms with Gasteiger partial charge in [-0.3, -0.25) is 4.99 Å². The Balaban J connectivity index is 0.000000704. The van der Waals surface area contributed by atoms with E-state index in [0.717, 1.165) is 0 Å². The van der Waals surface area contributed by atoms with Gasteiger partial charge in [0.25, 0.3) is 0 Å². The summed E-state index contributed by atoms with van der Waals surface area (Å²) in [7, 11) is 0. The van der Waals surface area contributed by atoms with Crippen LogP contribution >= 0.6 is 0 Å². The third-order valence-corrected chi connectivity index (χ3v) is 3.33. The molecule has 3 rings (SSSR count). The molecule has 1 nitrogen and oxygen atoms in total. The summed E-state index contributed by atoms with van der Waals surface area (Å²) < 4.78 is 0. The van der Waals surface area contributed by atoms with Crippen LogP contribution < -0.4 is 0 Å². The lowest BCUT2D eigenvalue weighted by Gasteiger charge is -2.09. The Hall–Kier alpha value is -2.15. The average molecular weight is 263 g/mol. The summed E-state index contributed by atoms with van der Waals surface area (Å²) in [5, 5.41) is 0. The molecule has 2 aromatic carbocycles. The van der Waals surface area contributed by atoms with Crippen LogP contribution in [0.5, 0.6) is 0 Å². The van der Waals surface area contributed by atoms with Crippen LogP contribution in [0.4, 0.5) is 0 Å². The molecule has 1 unspecified atom stereocenters. The third kappa shape index (κ3) is 3.05. The largest absolute Gasteiger partial charge is 0.281 e. The molecule has 20 heavy (non-hydrogen) atoms. The Morgan fingerprint density at radius 1 is 0.900 bits per heavy atom. The molecule has 2 aromatic rings. The lowest BCUT2D eigenvalue weighted by atomic mass is 9.98. The third-order valence-electron chi connectivity index (χ3n) is 3.33. The number of benzene rings is 2. The van der Waals surface area contributed by atoms with Gasteiger partial charge in [-0.25, -0.2) is 0 Å². The molecule has 0 amide bonds. The highest BCUT2D eigenvalue weighted by molar-refractivity contribution is 5.74. The zero-order valence-corrected chi connectivity index (χ0v) is 12.4. The van der Waals surface area contributed by atoms with Crippen molar-refractivity contribution in [2.45, 2.75) is 26.8 Å². The molecule has 0 saturated heterocycles. The van der Waals surface area contributed by atoms with Crippen molar-refractivity contribution < 1.29 is 0 Å². The van der Waals surface area contributed by atoms with Gasteiger partial charge < -0.3 is 0 Å². The van der Waals surface area contributed by atoms with Crippen LogP contribution in [0.3, 0.4) is 0 Å². The molecular formula is C19H21N. The van der Waals surface area contributed by atoms with Crippen LogP contribution in [-0.4, -0.2) is 6.21 Å². The fraction of sp³-hybridized carbons (Fsp3) is 0.211. The second-order valence-corrected chi connectivity index (χ2v) is 4.56. The van der Waals surface area contributed by atoms with E-state index >= 15 is 0 Å².